The SMILES string of the molecule is CC[C@H](C)c1ccccc1NC(=O)C[NH+]1CC[NH+](Cc2cc(F)ccc2OC)CC1. The van der Waals surface area contributed by atoms with Gasteiger partial charge in [0.25, 0.3) is 5.91 Å². The summed E-state index contributed by atoms with van der Waals surface area (Å²) in [4.78, 5) is 15.3. The zero-order chi connectivity index (χ0) is 21.5. The van der Waals surface area contributed by atoms with Gasteiger partial charge in [-0.3, -0.25) is 4.79 Å². The summed E-state index contributed by atoms with van der Waals surface area (Å²) >= 11 is 0. The predicted octanol–water partition coefficient (Wildman–Crippen LogP) is 1.27. The Hall–Kier alpha value is -2.44. The normalized spacial score (nSPS) is 19.9. The van der Waals surface area contributed by atoms with E-state index in [9.17, 15) is 9.18 Å². The van der Waals surface area contributed by atoms with E-state index < -0.39 is 0 Å². The maximum Gasteiger partial charge on any atom is 0.279 e. The first-order valence-corrected chi connectivity index (χ1v) is 10.9. The van der Waals surface area contributed by atoms with Gasteiger partial charge in [0.2, 0.25) is 0 Å². The summed E-state index contributed by atoms with van der Waals surface area (Å²) in [5.41, 5.74) is 3.02. The largest absolute Gasteiger partial charge is 0.496 e. The molecule has 0 unspecified atom stereocenters. The minimum Gasteiger partial charge on any atom is -0.496 e. The molecule has 6 heteroatoms. The number of anilines is 1. The number of ether oxygens (including phenoxy) is 1. The van der Waals surface area contributed by atoms with Crippen molar-refractivity contribution in [1.82, 2.24) is 0 Å². The van der Waals surface area contributed by atoms with Crippen molar-refractivity contribution < 1.29 is 23.7 Å². The molecular weight excluding hydrogens is 381 g/mol. The number of quaternary nitrogens is 2. The van der Waals surface area contributed by atoms with Crippen molar-refractivity contribution in [3.05, 3.63) is 59.4 Å². The molecule has 1 aliphatic rings. The molecule has 1 saturated heterocycles. The number of rotatable bonds is 8. The van der Waals surface area contributed by atoms with Crippen LogP contribution < -0.4 is 19.9 Å². The molecule has 3 N–H and O–H groups in total. The third-order valence-electron chi connectivity index (χ3n) is 6.14. The van der Waals surface area contributed by atoms with E-state index in [1.807, 2.05) is 18.2 Å². The van der Waals surface area contributed by atoms with E-state index in [-0.39, 0.29) is 11.7 Å². The van der Waals surface area contributed by atoms with Crippen LogP contribution in [0.2, 0.25) is 0 Å². The van der Waals surface area contributed by atoms with Crippen LogP contribution in [0.25, 0.3) is 0 Å². The Kier molecular flexibility index (Phi) is 7.82. The average molecular weight is 416 g/mol. The molecule has 30 heavy (non-hydrogen) atoms. The number of piperazine rings is 1. The van der Waals surface area contributed by atoms with Crippen LogP contribution in [0.4, 0.5) is 10.1 Å². The molecule has 1 aliphatic heterocycles. The Labute approximate surface area is 178 Å². The summed E-state index contributed by atoms with van der Waals surface area (Å²) < 4.78 is 19.0. The van der Waals surface area contributed by atoms with Crippen LogP contribution in [0.15, 0.2) is 42.5 Å². The van der Waals surface area contributed by atoms with Crippen LogP contribution in [0, 0.1) is 5.82 Å². The second-order valence-electron chi connectivity index (χ2n) is 8.25. The summed E-state index contributed by atoms with van der Waals surface area (Å²) in [5.74, 6) is 0.985. The second kappa shape index (κ2) is 10.5. The topological polar surface area (TPSA) is 47.2 Å². The minimum absolute atomic E-state index is 0.0657. The van der Waals surface area contributed by atoms with Gasteiger partial charge in [-0.1, -0.05) is 32.0 Å². The van der Waals surface area contributed by atoms with Crippen LogP contribution in [0.3, 0.4) is 0 Å². The van der Waals surface area contributed by atoms with Crippen molar-refractivity contribution in [2.24, 2.45) is 0 Å². The van der Waals surface area contributed by atoms with Gasteiger partial charge in [-0.25, -0.2) is 4.39 Å². The number of carbonyl (C=O) groups excluding carboxylic acids is 1. The van der Waals surface area contributed by atoms with E-state index in [1.165, 1.54) is 21.4 Å². The highest BCUT2D eigenvalue weighted by Gasteiger charge is 2.26. The molecule has 2 aromatic carbocycles. The lowest BCUT2D eigenvalue weighted by Crippen LogP contribution is -3.28. The van der Waals surface area contributed by atoms with E-state index in [2.05, 4.69) is 25.2 Å². The highest BCUT2D eigenvalue weighted by molar-refractivity contribution is 5.92. The first-order chi connectivity index (χ1) is 14.5. The molecule has 2 aromatic rings. The Balaban J connectivity index is 1.51. The maximum atomic E-state index is 13.6. The molecule has 1 heterocycles. The maximum absolute atomic E-state index is 13.6. The van der Waals surface area contributed by atoms with Crippen molar-refractivity contribution in [1.29, 1.82) is 0 Å². The lowest BCUT2D eigenvalue weighted by atomic mass is 9.97. The van der Waals surface area contributed by atoms with Crippen LogP contribution in [0.1, 0.15) is 37.3 Å². The smallest absolute Gasteiger partial charge is 0.279 e. The predicted molar refractivity (Wildman–Crippen MR) is 117 cm³/mol. The number of hydrogen-bond donors (Lipinski definition) is 3. The molecular formula is C24H34FN3O2+2. The summed E-state index contributed by atoms with van der Waals surface area (Å²) in [6.45, 7) is 9.31. The monoisotopic (exact) mass is 415 g/mol. The number of para-hydroxylation sites is 1. The summed E-state index contributed by atoms with van der Waals surface area (Å²) in [7, 11) is 1.62. The van der Waals surface area contributed by atoms with E-state index in [0.29, 0.717) is 12.5 Å². The Morgan fingerprint density at radius 2 is 1.83 bits per heavy atom. The fraction of sp³-hybridized carbons (Fsp3) is 0.458. The lowest BCUT2D eigenvalue weighted by Gasteiger charge is -2.29. The number of carbonyl (C=O) groups is 1. The number of methoxy groups -OCH3 is 1. The standard InChI is InChI=1S/C24H32FN3O2/c1-4-18(2)21-7-5-6-8-22(21)26-24(29)17-28-13-11-27(12-14-28)16-19-15-20(25)9-10-23(19)30-3/h5-10,15,18H,4,11-14,16-17H2,1-3H3,(H,26,29)/p+2/t18-/m0/s1. The van der Waals surface area contributed by atoms with Gasteiger partial charge in [0.15, 0.2) is 6.54 Å². The zero-order valence-electron chi connectivity index (χ0n) is 18.3. The van der Waals surface area contributed by atoms with Gasteiger partial charge in [0.1, 0.15) is 44.3 Å². The molecule has 5 nitrogen and oxygen atoms in total. The minimum atomic E-state index is -0.233. The Bertz CT molecular complexity index is 850. The van der Waals surface area contributed by atoms with Gasteiger partial charge in [-0.05, 0) is 42.2 Å². The molecule has 1 fully saturated rings. The van der Waals surface area contributed by atoms with Gasteiger partial charge in [0, 0.05) is 5.69 Å². The number of nitrogens with one attached hydrogen (secondary N) is 3. The average Bonchev–Trinajstić information content (AvgIpc) is 2.75. The van der Waals surface area contributed by atoms with Crippen LogP contribution in [-0.2, 0) is 11.3 Å². The van der Waals surface area contributed by atoms with E-state index in [0.717, 1.165) is 56.1 Å². The van der Waals surface area contributed by atoms with Gasteiger partial charge < -0.3 is 19.9 Å². The van der Waals surface area contributed by atoms with Crippen LogP contribution in [0.5, 0.6) is 5.75 Å². The number of halogens is 1. The van der Waals surface area contributed by atoms with E-state index in [1.54, 1.807) is 19.2 Å². The highest BCUT2D eigenvalue weighted by atomic mass is 19.1. The highest BCUT2D eigenvalue weighted by Crippen LogP contribution is 2.26. The van der Waals surface area contributed by atoms with Gasteiger partial charge >= 0.3 is 0 Å². The first-order valence-electron chi connectivity index (χ1n) is 10.9. The van der Waals surface area contributed by atoms with E-state index in [4.69, 9.17) is 4.74 Å². The lowest BCUT2D eigenvalue weighted by molar-refractivity contribution is -1.02. The zero-order valence-corrected chi connectivity index (χ0v) is 18.3. The summed E-state index contributed by atoms with van der Waals surface area (Å²) in [5, 5.41) is 3.12. The van der Waals surface area contributed by atoms with Gasteiger partial charge in [0.05, 0.1) is 12.7 Å². The summed E-state index contributed by atoms with van der Waals surface area (Å²) in [6.07, 6.45) is 1.04. The molecule has 3 rings (SSSR count). The molecule has 0 saturated carbocycles. The molecule has 1 atom stereocenters. The summed E-state index contributed by atoms with van der Waals surface area (Å²) in [6, 6.07) is 12.8. The fourth-order valence-corrected chi connectivity index (χ4v) is 4.15. The molecule has 162 valence electrons. The molecule has 0 spiro atoms. The van der Waals surface area contributed by atoms with Crippen LogP contribution >= 0.6 is 0 Å². The molecule has 0 radical (unpaired) electrons. The van der Waals surface area contributed by atoms with Gasteiger partial charge in [-0.2, -0.15) is 0 Å². The van der Waals surface area contributed by atoms with Crippen molar-refractivity contribution in [3.8, 4) is 5.75 Å². The third kappa shape index (κ3) is 5.80. The van der Waals surface area contributed by atoms with E-state index >= 15 is 0 Å². The van der Waals surface area contributed by atoms with Crippen molar-refractivity contribution in [3.63, 3.8) is 0 Å². The van der Waals surface area contributed by atoms with Crippen molar-refractivity contribution in [2.75, 3.05) is 45.2 Å². The number of amides is 1. The quantitative estimate of drug-likeness (QED) is 0.608. The Morgan fingerprint density at radius 3 is 2.53 bits per heavy atom. The Morgan fingerprint density at radius 1 is 1.13 bits per heavy atom. The van der Waals surface area contributed by atoms with Crippen molar-refractivity contribution >= 4 is 11.6 Å². The molecule has 0 bridgehead atoms. The first kappa shape index (κ1) is 22.2. The fourth-order valence-electron chi connectivity index (χ4n) is 4.15. The van der Waals surface area contributed by atoms with Gasteiger partial charge in [-0.15, -0.1) is 0 Å². The molecule has 0 aromatic heterocycles. The molecule has 1 amide bonds. The molecule has 0 aliphatic carbocycles. The third-order valence-corrected chi connectivity index (χ3v) is 6.14. The number of hydrogen-bond acceptors (Lipinski definition) is 2. The second-order valence-corrected chi connectivity index (χ2v) is 8.25. The van der Waals surface area contributed by atoms with Crippen molar-refractivity contribution in [2.45, 2.75) is 32.7 Å². The van der Waals surface area contributed by atoms with Crippen LogP contribution in [-0.4, -0.2) is 45.7 Å². The number of benzene rings is 2.